The van der Waals surface area contributed by atoms with Crippen LogP contribution in [0.2, 0.25) is 25.7 Å². The molecule has 1 atom stereocenters. The Morgan fingerprint density at radius 3 is 2.78 bits per heavy atom. The van der Waals surface area contributed by atoms with Crippen LogP contribution in [0.25, 0.3) is 11.0 Å². The topological polar surface area (TPSA) is 52.4 Å². The van der Waals surface area contributed by atoms with E-state index < -0.39 is 8.07 Å². The Balaban J connectivity index is 1.82. The van der Waals surface area contributed by atoms with Crippen molar-refractivity contribution in [3.8, 4) is 5.88 Å². The molecule has 2 aromatic rings. The molecule has 27 heavy (non-hydrogen) atoms. The summed E-state index contributed by atoms with van der Waals surface area (Å²) in [5.74, 6) is 1.38. The number of nitrogens with zero attached hydrogens (tertiary/aromatic N) is 4. The Labute approximate surface area is 163 Å². The van der Waals surface area contributed by atoms with Crippen molar-refractivity contribution in [2.75, 3.05) is 26.8 Å². The van der Waals surface area contributed by atoms with Gasteiger partial charge in [0.15, 0.2) is 0 Å². The van der Waals surface area contributed by atoms with Gasteiger partial charge in [0, 0.05) is 33.5 Å². The lowest BCUT2D eigenvalue weighted by atomic mass is 10.0. The SMILES string of the molecule is COc1ncnc2cc(CN3CCC[C@H](C)C3)n(COCC[Si](C)(C)C)c12. The predicted octanol–water partition coefficient (Wildman–Crippen LogP) is 3.98. The molecule has 1 fully saturated rings. The second kappa shape index (κ2) is 8.71. The zero-order valence-corrected chi connectivity index (χ0v) is 18.5. The number of hydrogen-bond donors (Lipinski definition) is 0. The van der Waals surface area contributed by atoms with Crippen LogP contribution >= 0.6 is 0 Å². The molecular formula is C20H34N4O2Si. The van der Waals surface area contributed by atoms with Crippen LogP contribution in [0.15, 0.2) is 12.4 Å². The molecule has 6 nitrogen and oxygen atoms in total. The summed E-state index contributed by atoms with van der Waals surface area (Å²) in [6, 6.07) is 3.33. The highest BCUT2D eigenvalue weighted by atomic mass is 28.3. The van der Waals surface area contributed by atoms with E-state index >= 15 is 0 Å². The zero-order chi connectivity index (χ0) is 19.4. The molecule has 0 aliphatic carbocycles. The predicted molar refractivity (Wildman–Crippen MR) is 112 cm³/mol. The minimum Gasteiger partial charge on any atom is -0.479 e. The molecule has 150 valence electrons. The lowest BCUT2D eigenvalue weighted by Gasteiger charge is -2.31. The van der Waals surface area contributed by atoms with Gasteiger partial charge in [0.05, 0.1) is 12.6 Å². The van der Waals surface area contributed by atoms with E-state index in [1.165, 1.54) is 24.6 Å². The van der Waals surface area contributed by atoms with Crippen molar-refractivity contribution in [1.29, 1.82) is 0 Å². The van der Waals surface area contributed by atoms with Gasteiger partial charge >= 0.3 is 0 Å². The van der Waals surface area contributed by atoms with Crippen molar-refractivity contribution in [1.82, 2.24) is 19.4 Å². The van der Waals surface area contributed by atoms with Gasteiger partial charge in [-0.25, -0.2) is 4.98 Å². The minimum absolute atomic E-state index is 0.524. The molecule has 1 saturated heterocycles. The molecule has 2 aromatic heterocycles. The average molecular weight is 391 g/mol. The van der Waals surface area contributed by atoms with Crippen molar-refractivity contribution < 1.29 is 9.47 Å². The van der Waals surface area contributed by atoms with Crippen LogP contribution in [0.3, 0.4) is 0 Å². The normalized spacial score (nSPS) is 18.9. The van der Waals surface area contributed by atoms with Crippen molar-refractivity contribution in [3.05, 3.63) is 18.1 Å². The fourth-order valence-electron chi connectivity index (χ4n) is 3.74. The molecule has 3 heterocycles. The van der Waals surface area contributed by atoms with Gasteiger partial charge < -0.3 is 14.0 Å². The molecule has 0 N–H and O–H groups in total. The van der Waals surface area contributed by atoms with E-state index in [4.69, 9.17) is 9.47 Å². The lowest BCUT2D eigenvalue weighted by molar-refractivity contribution is 0.0846. The molecule has 0 bridgehead atoms. The minimum atomic E-state index is -1.10. The summed E-state index contributed by atoms with van der Waals surface area (Å²) < 4.78 is 13.8. The summed E-state index contributed by atoms with van der Waals surface area (Å²) in [5, 5.41) is 0. The molecule has 0 unspecified atom stereocenters. The summed E-state index contributed by atoms with van der Waals surface area (Å²) in [7, 11) is 0.565. The molecular weight excluding hydrogens is 356 g/mol. The Bertz CT molecular complexity index is 756. The molecule has 0 amide bonds. The Morgan fingerprint density at radius 2 is 2.07 bits per heavy atom. The molecule has 1 aliphatic rings. The number of likely N-dealkylation sites (tertiary alicyclic amines) is 1. The largest absolute Gasteiger partial charge is 0.479 e. The molecule has 0 radical (unpaired) electrons. The third-order valence-electron chi connectivity index (χ3n) is 5.27. The van der Waals surface area contributed by atoms with Crippen molar-refractivity contribution in [2.24, 2.45) is 5.92 Å². The zero-order valence-electron chi connectivity index (χ0n) is 17.5. The highest BCUT2D eigenvalue weighted by molar-refractivity contribution is 6.76. The van der Waals surface area contributed by atoms with Crippen LogP contribution < -0.4 is 4.74 Å². The number of hydrogen-bond acceptors (Lipinski definition) is 5. The van der Waals surface area contributed by atoms with E-state index in [1.807, 2.05) is 0 Å². The van der Waals surface area contributed by atoms with Gasteiger partial charge in [0.25, 0.3) is 0 Å². The van der Waals surface area contributed by atoms with Crippen LogP contribution in [0, 0.1) is 5.92 Å². The third kappa shape index (κ3) is 5.30. The van der Waals surface area contributed by atoms with Gasteiger partial charge in [-0.05, 0) is 37.4 Å². The maximum Gasteiger partial charge on any atom is 0.241 e. The number of aromatic nitrogens is 3. The van der Waals surface area contributed by atoms with Gasteiger partial charge in [-0.1, -0.05) is 26.6 Å². The van der Waals surface area contributed by atoms with Gasteiger partial charge in [-0.2, -0.15) is 4.98 Å². The van der Waals surface area contributed by atoms with Gasteiger partial charge in [-0.3, -0.25) is 4.90 Å². The molecule has 0 saturated carbocycles. The smallest absolute Gasteiger partial charge is 0.241 e. The monoisotopic (exact) mass is 390 g/mol. The first-order valence-corrected chi connectivity index (χ1v) is 13.8. The van der Waals surface area contributed by atoms with E-state index in [9.17, 15) is 0 Å². The van der Waals surface area contributed by atoms with E-state index in [2.05, 4.69) is 52.1 Å². The van der Waals surface area contributed by atoms with Crippen LogP contribution in [0.4, 0.5) is 0 Å². The molecule has 3 rings (SSSR count). The standard InChI is InChI=1S/C20H34N4O2Si/c1-16-7-6-8-23(12-16)13-17-11-18-19(20(25-2)22-14-21-18)24(17)15-26-9-10-27(3,4)5/h11,14,16H,6-10,12-13,15H2,1-5H3/t16-/m0/s1. The first-order valence-electron chi connectivity index (χ1n) is 10.0. The average Bonchev–Trinajstić information content (AvgIpc) is 2.95. The Kier molecular flexibility index (Phi) is 6.55. The van der Waals surface area contributed by atoms with Crippen LogP contribution in [0.1, 0.15) is 25.5 Å². The number of piperidine rings is 1. The van der Waals surface area contributed by atoms with Crippen LogP contribution in [0.5, 0.6) is 5.88 Å². The number of rotatable bonds is 8. The fraction of sp³-hybridized carbons (Fsp3) is 0.700. The highest BCUT2D eigenvalue weighted by Gasteiger charge is 2.21. The van der Waals surface area contributed by atoms with Gasteiger partial charge in [-0.15, -0.1) is 0 Å². The molecule has 0 spiro atoms. The fourth-order valence-corrected chi connectivity index (χ4v) is 4.49. The van der Waals surface area contributed by atoms with E-state index in [0.717, 1.165) is 43.2 Å². The summed E-state index contributed by atoms with van der Waals surface area (Å²) in [4.78, 5) is 11.3. The number of fused-ring (bicyclic) bond motifs is 1. The van der Waals surface area contributed by atoms with Crippen LogP contribution in [-0.2, 0) is 18.0 Å². The third-order valence-corrected chi connectivity index (χ3v) is 6.98. The Morgan fingerprint density at radius 1 is 1.26 bits per heavy atom. The van der Waals surface area contributed by atoms with E-state index in [0.29, 0.717) is 12.6 Å². The van der Waals surface area contributed by atoms with Gasteiger partial charge in [0.1, 0.15) is 18.6 Å². The van der Waals surface area contributed by atoms with Crippen LogP contribution in [-0.4, -0.2) is 54.3 Å². The first kappa shape index (κ1) is 20.3. The number of ether oxygens (including phenoxy) is 2. The van der Waals surface area contributed by atoms with Crippen molar-refractivity contribution >= 4 is 19.1 Å². The van der Waals surface area contributed by atoms with E-state index in [-0.39, 0.29) is 0 Å². The lowest BCUT2D eigenvalue weighted by Crippen LogP contribution is -2.34. The van der Waals surface area contributed by atoms with Crippen molar-refractivity contribution in [2.45, 2.75) is 58.7 Å². The van der Waals surface area contributed by atoms with E-state index in [1.54, 1.807) is 13.4 Å². The summed E-state index contributed by atoms with van der Waals surface area (Å²) in [6.07, 6.45) is 4.18. The second-order valence-electron chi connectivity index (χ2n) is 9.01. The highest BCUT2D eigenvalue weighted by Crippen LogP contribution is 2.27. The van der Waals surface area contributed by atoms with Gasteiger partial charge in [0.2, 0.25) is 5.88 Å². The van der Waals surface area contributed by atoms with Crippen molar-refractivity contribution in [3.63, 3.8) is 0 Å². The second-order valence-corrected chi connectivity index (χ2v) is 14.6. The maximum absolute atomic E-state index is 6.08. The number of methoxy groups -OCH3 is 1. The quantitative estimate of drug-likeness (QED) is 0.504. The molecule has 7 heteroatoms. The summed E-state index contributed by atoms with van der Waals surface area (Å²) >= 11 is 0. The summed E-state index contributed by atoms with van der Waals surface area (Å²) in [5.41, 5.74) is 3.09. The molecule has 0 aromatic carbocycles. The molecule has 1 aliphatic heterocycles. The summed E-state index contributed by atoms with van der Waals surface area (Å²) in [6.45, 7) is 14.0. The Hall–Kier alpha value is -1.44. The first-order chi connectivity index (χ1) is 12.9. The maximum atomic E-state index is 6.08.